The van der Waals surface area contributed by atoms with Gasteiger partial charge < -0.3 is 15.0 Å². The van der Waals surface area contributed by atoms with Crippen LogP contribution in [-0.4, -0.2) is 47.8 Å². The largest absolute Gasteiger partial charge is 0.494 e. The number of methoxy groups -OCH3 is 1. The van der Waals surface area contributed by atoms with E-state index in [0.29, 0.717) is 30.2 Å². The summed E-state index contributed by atoms with van der Waals surface area (Å²) in [4.78, 5) is 31.0. The standard InChI is InChI=1S/C18H24F2N4O2S.C7H6F2O/c19-18(20)6-3-12(4-7-18)17(26)24-9-1-2-13(11-24)16(25)23-14-5-8-22-15(10-14)27-21;1-10-6-4-2-3-5(8)7(6)9/h5,8,10,12-13H,1-4,6-7,9,11,21H2,(H,22,23,25);2-4H,1H3. The Bertz CT molecular complexity index is 1080. The van der Waals surface area contributed by atoms with Crippen molar-refractivity contribution in [3.05, 3.63) is 48.2 Å². The second-order valence-corrected chi connectivity index (χ2v) is 9.65. The monoisotopic (exact) mass is 542 g/mol. The number of nitrogens with zero attached hydrogens (tertiary/aromatic N) is 2. The van der Waals surface area contributed by atoms with Crippen LogP contribution in [0.25, 0.3) is 0 Å². The van der Waals surface area contributed by atoms with Gasteiger partial charge in [-0.05, 0) is 61.9 Å². The SMILES string of the molecule is COc1cccc(F)c1F.NSc1cc(NC(=O)C2CCCN(C(=O)C3CCC(F)(F)CC3)C2)ccn1. The highest BCUT2D eigenvalue weighted by atomic mass is 32.2. The van der Waals surface area contributed by atoms with Gasteiger partial charge in [-0.25, -0.2) is 18.2 Å². The number of aromatic nitrogens is 1. The van der Waals surface area contributed by atoms with Gasteiger partial charge >= 0.3 is 0 Å². The van der Waals surface area contributed by atoms with E-state index in [1.54, 1.807) is 23.2 Å². The molecule has 2 amide bonds. The van der Waals surface area contributed by atoms with Gasteiger partial charge in [-0.2, -0.15) is 4.39 Å². The Morgan fingerprint density at radius 2 is 1.89 bits per heavy atom. The molecule has 1 saturated carbocycles. The molecule has 7 nitrogen and oxygen atoms in total. The second-order valence-electron chi connectivity index (χ2n) is 9.00. The lowest BCUT2D eigenvalue weighted by atomic mass is 9.85. The molecular weight excluding hydrogens is 512 g/mol. The van der Waals surface area contributed by atoms with Gasteiger partial charge in [-0.1, -0.05) is 6.07 Å². The molecule has 202 valence electrons. The number of nitrogens with two attached hydrogens (primary N) is 1. The van der Waals surface area contributed by atoms with Crippen molar-refractivity contribution in [3.8, 4) is 5.75 Å². The lowest BCUT2D eigenvalue weighted by Gasteiger charge is -2.36. The molecule has 37 heavy (non-hydrogen) atoms. The van der Waals surface area contributed by atoms with E-state index < -0.39 is 17.6 Å². The van der Waals surface area contributed by atoms with E-state index in [1.165, 1.54) is 19.2 Å². The van der Waals surface area contributed by atoms with Crippen LogP contribution in [0.15, 0.2) is 41.6 Å². The first-order valence-electron chi connectivity index (χ1n) is 11.9. The van der Waals surface area contributed by atoms with Crippen LogP contribution in [0.3, 0.4) is 0 Å². The summed E-state index contributed by atoms with van der Waals surface area (Å²) < 4.78 is 56.0. The maximum Gasteiger partial charge on any atom is 0.248 e. The Morgan fingerprint density at radius 1 is 1.16 bits per heavy atom. The Morgan fingerprint density at radius 3 is 2.54 bits per heavy atom. The van der Waals surface area contributed by atoms with E-state index in [1.807, 2.05) is 0 Å². The van der Waals surface area contributed by atoms with E-state index in [9.17, 15) is 27.2 Å². The molecule has 1 aliphatic heterocycles. The van der Waals surface area contributed by atoms with Crippen LogP contribution in [0.2, 0.25) is 0 Å². The van der Waals surface area contributed by atoms with Crippen LogP contribution in [0.5, 0.6) is 5.75 Å². The quantitative estimate of drug-likeness (QED) is 0.407. The topological polar surface area (TPSA) is 97.5 Å². The first-order valence-corrected chi connectivity index (χ1v) is 12.8. The number of benzene rings is 1. The molecule has 0 radical (unpaired) electrons. The number of hydrogen-bond acceptors (Lipinski definition) is 6. The van der Waals surface area contributed by atoms with Crippen molar-refractivity contribution >= 4 is 29.4 Å². The highest BCUT2D eigenvalue weighted by molar-refractivity contribution is 7.97. The smallest absolute Gasteiger partial charge is 0.248 e. The Balaban J connectivity index is 0.000000319. The highest BCUT2D eigenvalue weighted by Crippen LogP contribution is 2.37. The molecule has 4 rings (SSSR count). The van der Waals surface area contributed by atoms with E-state index in [4.69, 9.17) is 5.14 Å². The zero-order chi connectivity index (χ0) is 27.0. The van der Waals surface area contributed by atoms with Gasteiger partial charge in [0.2, 0.25) is 23.6 Å². The maximum absolute atomic E-state index is 13.3. The molecule has 1 aliphatic carbocycles. The van der Waals surface area contributed by atoms with Crippen molar-refractivity contribution in [2.75, 3.05) is 25.5 Å². The third-order valence-corrected chi connectivity index (χ3v) is 6.89. The van der Waals surface area contributed by atoms with Crippen molar-refractivity contribution < 1.29 is 31.9 Å². The van der Waals surface area contributed by atoms with Crippen molar-refractivity contribution in [1.29, 1.82) is 0 Å². The molecule has 1 saturated heterocycles. The van der Waals surface area contributed by atoms with Crippen molar-refractivity contribution in [2.24, 2.45) is 17.0 Å². The van der Waals surface area contributed by atoms with Crippen LogP contribution in [0, 0.1) is 23.5 Å². The summed E-state index contributed by atoms with van der Waals surface area (Å²) in [6.45, 7) is 0.917. The van der Waals surface area contributed by atoms with Gasteiger partial charge in [0.25, 0.3) is 0 Å². The molecule has 2 fully saturated rings. The van der Waals surface area contributed by atoms with Gasteiger partial charge in [0.05, 0.1) is 13.0 Å². The predicted octanol–water partition coefficient (Wildman–Crippen LogP) is 5.02. The van der Waals surface area contributed by atoms with Gasteiger partial charge in [-0.3, -0.25) is 14.7 Å². The number of amides is 2. The third-order valence-electron chi connectivity index (χ3n) is 6.43. The fourth-order valence-electron chi connectivity index (χ4n) is 4.37. The average molecular weight is 543 g/mol. The number of anilines is 1. The van der Waals surface area contributed by atoms with Crippen LogP contribution in [0.4, 0.5) is 23.2 Å². The fourth-order valence-corrected chi connectivity index (χ4v) is 4.69. The molecule has 3 N–H and O–H groups in total. The summed E-state index contributed by atoms with van der Waals surface area (Å²) in [5, 5.41) is 8.93. The minimum absolute atomic E-state index is 0.0694. The first-order chi connectivity index (χ1) is 17.6. The van der Waals surface area contributed by atoms with Gasteiger partial charge in [-0.15, -0.1) is 0 Å². The van der Waals surface area contributed by atoms with E-state index in [-0.39, 0.29) is 55.1 Å². The molecule has 1 unspecified atom stereocenters. The van der Waals surface area contributed by atoms with Gasteiger partial charge in [0.1, 0.15) is 5.03 Å². The summed E-state index contributed by atoms with van der Waals surface area (Å²) in [5.41, 5.74) is 0.612. The number of rotatable bonds is 5. The van der Waals surface area contributed by atoms with E-state index in [0.717, 1.165) is 24.4 Å². The molecule has 2 aromatic rings. The van der Waals surface area contributed by atoms with Crippen LogP contribution in [0.1, 0.15) is 38.5 Å². The minimum atomic E-state index is -2.65. The van der Waals surface area contributed by atoms with Gasteiger partial charge in [0.15, 0.2) is 11.6 Å². The molecule has 1 aromatic heterocycles. The van der Waals surface area contributed by atoms with E-state index >= 15 is 0 Å². The number of ether oxygens (including phenoxy) is 1. The number of carbonyl (C=O) groups excluding carboxylic acids is 2. The summed E-state index contributed by atoms with van der Waals surface area (Å²) in [6, 6.07) is 7.16. The zero-order valence-electron chi connectivity index (χ0n) is 20.4. The lowest BCUT2D eigenvalue weighted by molar-refractivity contribution is -0.142. The Labute approximate surface area is 217 Å². The average Bonchev–Trinajstić information content (AvgIpc) is 2.90. The summed E-state index contributed by atoms with van der Waals surface area (Å²) in [5.74, 6) is -5.45. The Kier molecular flexibility index (Phi) is 10.2. The number of piperidine rings is 1. The van der Waals surface area contributed by atoms with Crippen molar-refractivity contribution in [2.45, 2.75) is 49.5 Å². The van der Waals surface area contributed by atoms with E-state index in [2.05, 4.69) is 15.0 Å². The summed E-state index contributed by atoms with van der Waals surface area (Å²) in [7, 11) is 1.29. The maximum atomic E-state index is 13.3. The summed E-state index contributed by atoms with van der Waals surface area (Å²) in [6.07, 6.45) is 2.97. The second kappa shape index (κ2) is 13.1. The highest BCUT2D eigenvalue weighted by Gasteiger charge is 2.39. The van der Waals surface area contributed by atoms with Crippen molar-refractivity contribution in [3.63, 3.8) is 0 Å². The molecule has 1 aromatic carbocycles. The zero-order valence-corrected chi connectivity index (χ0v) is 21.2. The number of alkyl halides is 2. The predicted molar refractivity (Wildman–Crippen MR) is 132 cm³/mol. The summed E-state index contributed by atoms with van der Waals surface area (Å²) >= 11 is 0.997. The molecule has 2 heterocycles. The Hall–Kier alpha value is -2.86. The fraction of sp³-hybridized carbons (Fsp3) is 0.480. The molecule has 12 heteroatoms. The van der Waals surface area contributed by atoms with Crippen LogP contribution >= 0.6 is 11.9 Å². The number of halogens is 4. The number of likely N-dealkylation sites (tertiary alicyclic amines) is 1. The molecule has 2 aliphatic rings. The van der Waals surface area contributed by atoms with Gasteiger partial charge in [0, 0.05) is 43.7 Å². The minimum Gasteiger partial charge on any atom is -0.494 e. The normalized spacial score (nSPS) is 19.4. The molecular formula is C25H30F4N4O3S. The van der Waals surface area contributed by atoms with Crippen LogP contribution < -0.4 is 15.2 Å². The molecule has 0 bridgehead atoms. The van der Waals surface area contributed by atoms with Crippen molar-refractivity contribution in [1.82, 2.24) is 9.88 Å². The number of nitrogens with one attached hydrogen (secondary N) is 1. The molecule has 1 atom stereocenters. The molecule has 0 spiro atoms. The number of pyridine rings is 1. The first kappa shape index (κ1) is 28.7. The third kappa shape index (κ3) is 8.06. The van der Waals surface area contributed by atoms with Crippen LogP contribution in [-0.2, 0) is 9.59 Å². The number of hydrogen-bond donors (Lipinski definition) is 2. The lowest BCUT2D eigenvalue weighted by Crippen LogP contribution is -2.47. The number of carbonyl (C=O) groups is 2.